The zero-order valence-electron chi connectivity index (χ0n) is 5.63. The van der Waals surface area contributed by atoms with E-state index in [9.17, 15) is 5.11 Å². The fourth-order valence-corrected chi connectivity index (χ4v) is 1.06. The SMILES string of the molecule is CC1C=CC(O)C1(C)Cl. The van der Waals surface area contributed by atoms with Crippen LogP contribution in [0.25, 0.3) is 0 Å². The predicted molar refractivity (Wildman–Crippen MR) is 38.6 cm³/mol. The van der Waals surface area contributed by atoms with Crippen LogP contribution in [0.15, 0.2) is 12.2 Å². The van der Waals surface area contributed by atoms with Gasteiger partial charge in [-0.15, -0.1) is 11.6 Å². The Labute approximate surface area is 60.3 Å². The van der Waals surface area contributed by atoms with E-state index in [0.29, 0.717) is 0 Å². The minimum Gasteiger partial charge on any atom is -0.387 e. The van der Waals surface area contributed by atoms with Gasteiger partial charge < -0.3 is 5.11 Å². The summed E-state index contributed by atoms with van der Waals surface area (Å²) in [4.78, 5) is -0.472. The number of rotatable bonds is 0. The summed E-state index contributed by atoms with van der Waals surface area (Å²) < 4.78 is 0. The first kappa shape index (κ1) is 7.10. The summed E-state index contributed by atoms with van der Waals surface area (Å²) in [5.41, 5.74) is 0. The maximum absolute atomic E-state index is 9.21. The molecule has 3 unspecified atom stereocenters. The highest BCUT2D eigenvalue weighted by atomic mass is 35.5. The Morgan fingerprint density at radius 2 is 2.11 bits per heavy atom. The van der Waals surface area contributed by atoms with Crippen molar-refractivity contribution >= 4 is 11.6 Å². The minimum atomic E-state index is -0.478. The summed E-state index contributed by atoms with van der Waals surface area (Å²) in [6.45, 7) is 3.85. The molecule has 0 spiro atoms. The van der Waals surface area contributed by atoms with Gasteiger partial charge in [-0.1, -0.05) is 19.1 Å². The lowest BCUT2D eigenvalue weighted by Crippen LogP contribution is -2.32. The molecule has 1 nitrogen and oxygen atoms in total. The number of aliphatic hydroxyl groups is 1. The van der Waals surface area contributed by atoms with E-state index < -0.39 is 11.0 Å². The van der Waals surface area contributed by atoms with E-state index in [0.717, 1.165) is 0 Å². The fraction of sp³-hybridized carbons (Fsp3) is 0.714. The third kappa shape index (κ3) is 0.993. The van der Waals surface area contributed by atoms with Crippen LogP contribution in [0, 0.1) is 5.92 Å². The fourth-order valence-electron chi connectivity index (χ4n) is 0.918. The highest BCUT2D eigenvalue weighted by Gasteiger charge is 2.37. The standard InChI is InChI=1S/C7H11ClO/c1-5-3-4-6(9)7(5,2)8/h3-6,9H,1-2H3. The van der Waals surface area contributed by atoms with E-state index in [1.54, 1.807) is 6.08 Å². The Bertz CT molecular complexity index is 126. The van der Waals surface area contributed by atoms with Crippen molar-refractivity contribution in [2.45, 2.75) is 24.8 Å². The number of allylic oxidation sites excluding steroid dienone is 1. The Morgan fingerprint density at radius 1 is 1.56 bits per heavy atom. The van der Waals surface area contributed by atoms with Gasteiger partial charge in [0.05, 0.1) is 11.0 Å². The zero-order valence-corrected chi connectivity index (χ0v) is 6.39. The summed E-state index contributed by atoms with van der Waals surface area (Å²) in [5, 5.41) is 9.21. The van der Waals surface area contributed by atoms with Crippen LogP contribution in [0.5, 0.6) is 0 Å². The average Bonchev–Trinajstić information content (AvgIpc) is 1.96. The molecule has 1 N–H and O–H groups in total. The highest BCUT2D eigenvalue weighted by molar-refractivity contribution is 6.24. The molecule has 0 fully saturated rings. The first-order valence-electron chi connectivity index (χ1n) is 3.10. The maximum Gasteiger partial charge on any atom is 0.0915 e. The lowest BCUT2D eigenvalue weighted by molar-refractivity contribution is 0.173. The van der Waals surface area contributed by atoms with Crippen molar-refractivity contribution in [3.05, 3.63) is 12.2 Å². The lowest BCUT2D eigenvalue weighted by Gasteiger charge is -2.24. The molecule has 1 aliphatic rings. The second-order valence-electron chi connectivity index (χ2n) is 2.77. The number of halogens is 1. The molecule has 0 heterocycles. The van der Waals surface area contributed by atoms with Crippen LogP contribution in [0.1, 0.15) is 13.8 Å². The molecule has 0 aromatic carbocycles. The Morgan fingerprint density at radius 3 is 2.22 bits per heavy atom. The van der Waals surface area contributed by atoms with Gasteiger partial charge in [0, 0.05) is 0 Å². The molecular formula is C7H11ClO. The van der Waals surface area contributed by atoms with Crippen molar-refractivity contribution in [1.29, 1.82) is 0 Å². The second kappa shape index (κ2) is 1.99. The molecule has 1 aliphatic carbocycles. The van der Waals surface area contributed by atoms with Gasteiger partial charge >= 0.3 is 0 Å². The molecule has 2 heteroatoms. The van der Waals surface area contributed by atoms with Crippen LogP contribution in [0.4, 0.5) is 0 Å². The Balaban J connectivity index is 2.76. The van der Waals surface area contributed by atoms with Crippen molar-refractivity contribution in [1.82, 2.24) is 0 Å². The van der Waals surface area contributed by atoms with Crippen LogP contribution in [0.3, 0.4) is 0 Å². The predicted octanol–water partition coefficient (Wildman–Crippen LogP) is 1.55. The van der Waals surface area contributed by atoms with Gasteiger partial charge in [-0.25, -0.2) is 0 Å². The number of hydrogen-bond donors (Lipinski definition) is 1. The Kier molecular flexibility index (Phi) is 1.57. The molecule has 0 aliphatic heterocycles. The van der Waals surface area contributed by atoms with Gasteiger partial charge in [0.2, 0.25) is 0 Å². The summed E-state index contributed by atoms with van der Waals surface area (Å²) >= 11 is 5.96. The van der Waals surface area contributed by atoms with Crippen molar-refractivity contribution in [3.8, 4) is 0 Å². The third-order valence-corrected chi connectivity index (χ3v) is 2.62. The molecule has 0 radical (unpaired) electrons. The maximum atomic E-state index is 9.21. The van der Waals surface area contributed by atoms with Crippen molar-refractivity contribution < 1.29 is 5.11 Å². The number of hydrogen-bond acceptors (Lipinski definition) is 1. The molecule has 0 aromatic rings. The minimum absolute atomic E-state index is 0.272. The van der Waals surface area contributed by atoms with Crippen molar-refractivity contribution in [2.75, 3.05) is 0 Å². The highest BCUT2D eigenvalue weighted by Crippen LogP contribution is 2.35. The van der Waals surface area contributed by atoms with E-state index in [2.05, 4.69) is 0 Å². The summed E-state index contributed by atoms with van der Waals surface area (Å²) in [6, 6.07) is 0. The largest absolute Gasteiger partial charge is 0.387 e. The summed E-state index contributed by atoms with van der Waals surface area (Å²) in [5.74, 6) is 0.272. The molecule has 52 valence electrons. The summed E-state index contributed by atoms with van der Waals surface area (Å²) in [7, 11) is 0. The van der Waals surface area contributed by atoms with Crippen LogP contribution in [0.2, 0.25) is 0 Å². The van der Waals surface area contributed by atoms with E-state index in [4.69, 9.17) is 11.6 Å². The first-order chi connectivity index (χ1) is 4.05. The van der Waals surface area contributed by atoms with Crippen LogP contribution in [-0.2, 0) is 0 Å². The van der Waals surface area contributed by atoms with Gasteiger partial charge in [0.1, 0.15) is 0 Å². The first-order valence-corrected chi connectivity index (χ1v) is 3.48. The smallest absolute Gasteiger partial charge is 0.0915 e. The molecular weight excluding hydrogens is 136 g/mol. The van der Waals surface area contributed by atoms with Gasteiger partial charge in [0.25, 0.3) is 0 Å². The van der Waals surface area contributed by atoms with Crippen LogP contribution >= 0.6 is 11.6 Å². The number of alkyl halides is 1. The second-order valence-corrected chi connectivity index (χ2v) is 3.58. The van der Waals surface area contributed by atoms with E-state index in [-0.39, 0.29) is 5.92 Å². The van der Waals surface area contributed by atoms with Crippen LogP contribution < -0.4 is 0 Å². The Hall–Kier alpha value is -0.0100. The zero-order chi connectivity index (χ0) is 7.07. The van der Waals surface area contributed by atoms with Gasteiger partial charge in [-0.2, -0.15) is 0 Å². The average molecular weight is 147 g/mol. The van der Waals surface area contributed by atoms with E-state index >= 15 is 0 Å². The normalized spacial score (nSPS) is 50.2. The molecule has 0 amide bonds. The molecule has 0 aromatic heterocycles. The monoisotopic (exact) mass is 146 g/mol. The quantitative estimate of drug-likeness (QED) is 0.406. The summed E-state index contributed by atoms with van der Waals surface area (Å²) in [6.07, 6.45) is 3.21. The third-order valence-electron chi connectivity index (χ3n) is 2.05. The lowest BCUT2D eigenvalue weighted by atomic mass is 9.97. The van der Waals surface area contributed by atoms with E-state index in [1.807, 2.05) is 19.9 Å². The molecule has 1 rings (SSSR count). The number of aliphatic hydroxyl groups excluding tert-OH is 1. The molecule has 0 saturated carbocycles. The van der Waals surface area contributed by atoms with E-state index in [1.165, 1.54) is 0 Å². The van der Waals surface area contributed by atoms with Gasteiger partial charge in [0.15, 0.2) is 0 Å². The molecule has 0 saturated heterocycles. The van der Waals surface area contributed by atoms with Gasteiger partial charge in [-0.05, 0) is 12.8 Å². The topological polar surface area (TPSA) is 20.2 Å². The van der Waals surface area contributed by atoms with Crippen LogP contribution in [-0.4, -0.2) is 16.1 Å². The van der Waals surface area contributed by atoms with Crippen molar-refractivity contribution in [2.24, 2.45) is 5.92 Å². The van der Waals surface area contributed by atoms with Gasteiger partial charge in [-0.3, -0.25) is 0 Å². The molecule has 0 bridgehead atoms. The van der Waals surface area contributed by atoms with Crippen molar-refractivity contribution in [3.63, 3.8) is 0 Å². The molecule has 3 atom stereocenters. The molecule has 9 heavy (non-hydrogen) atoms.